The largest absolute Gasteiger partial charge is 0.673 e. The van der Waals surface area contributed by atoms with Gasteiger partial charge in [0.2, 0.25) is 0 Å². The summed E-state index contributed by atoms with van der Waals surface area (Å²) < 4.78 is 85.6. The first-order valence-electron chi connectivity index (χ1n) is 11.7. The number of rotatable bonds is 5. The summed E-state index contributed by atoms with van der Waals surface area (Å²) in [6, 6.07) is 8.46. The Kier molecular flexibility index (Phi) is 13.3. The van der Waals surface area contributed by atoms with Crippen molar-refractivity contribution in [2.24, 2.45) is 0 Å². The third-order valence-electron chi connectivity index (χ3n) is 4.90. The number of ether oxygens (including phenoxy) is 1. The summed E-state index contributed by atoms with van der Waals surface area (Å²) in [7, 11) is 1.18. The van der Waals surface area contributed by atoms with Gasteiger partial charge < -0.3 is 37.0 Å². The summed E-state index contributed by atoms with van der Waals surface area (Å²) in [4.78, 5) is 28.6. The maximum atomic E-state index is 12.9. The number of urea groups is 1. The highest BCUT2D eigenvalue weighted by atomic mass is 19.5. The number of hydrogen-bond acceptors (Lipinski definition) is 5. The lowest BCUT2D eigenvalue weighted by atomic mass is 9.87. The molecule has 1 atom stereocenters. The molecule has 2 amide bonds. The fourth-order valence-electron chi connectivity index (χ4n) is 3.40. The van der Waals surface area contributed by atoms with Crippen LogP contribution in [0.25, 0.3) is 0 Å². The Hall–Kier alpha value is -4.13. The van der Waals surface area contributed by atoms with E-state index in [9.17, 15) is 40.0 Å². The van der Waals surface area contributed by atoms with E-state index in [-0.39, 0.29) is 23.5 Å². The van der Waals surface area contributed by atoms with Gasteiger partial charge in [-0.25, -0.2) is 4.79 Å². The number of carbonyl (C=O) groups excluding carboxylic acids is 2. The highest BCUT2D eigenvalue weighted by molar-refractivity contribution is 6.50. The van der Waals surface area contributed by atoms with Gasteiger partial charge >= 0.3 is 19.5 Å². The number of nitrogens with zero attached hydrogens (tertiary/aromatic N) is 2. The summed E-state index contributed by atoms with van der Waals surface area (Å²) >= 11 is 0. The first kappa shape index (κ1) is 34.9. The van der Waals surface area contributed by atoms with Gasteiger partial charge in [-0.3, -0.25) is 9.78 Å². The number of pyridine rings is 1. The second-order valence-corrected chi connectivity index (χ2v) is 8.73. The molecule has 41 heavy (non-hydrogen) atoms. The predicted molar refractivity (Wildman–Crippen MR) is 137 cm³/mol. The normalized spacial score (nSPS) is 14.1. The summed E-state index contributed by atoms with van der Waals surface area (Å²) in [6.45, 7) is 0. The zero-order valence-corrected chi connectivity index (χ0v) is 22.5. The molecule has 0 radical (unpaired) electrons. The smallest absolute Gasteiger partial charge is 0.501 e. The van der Waals surface area contributed by atoms with Crippen LogP contribution in [0.3, 0.4) is 0 Å². The minimum absolute atomic E-state index is 0.112. The maximum absolute atomic E-state index is 12.9. The third-order valence-corrected chi connectivity index (χ3v) is 4.90. The highest BCUT2D eigenvalue weighted by Crippen LogP contribution is 2.33. The Morgan fingerprint density at radius 2 is 1.66 bits per heavy atom. The van der Waals surface area contributed by atoms with Crippen molar-refractivity contribution in [2.45, 2.75) is 31.5 Å². The minimum atomic E-state index is -6.00. The standard InChI is InChI=1S/C22H19F3N4O3.C3H9O.BF4/c1-32-17-4-2-3-16(30)19(17)20(14-7-5-13(12-26)6-8-14)29-21(31)28-15-9-10-27-18(11-15)22(23,24)25;1-4(2)3;2-1(3,4)5/h5-11,20H,2-4H2,1H3,(H2,27,28,29,31);1-3H3;/q;+1;-1. The van der Waals surface area contributed by atoms with Gasteiger partial charge in [-0.05, 0) is 36.2 Å². The fraction of sp³-hybridized carbons (Fsp3) is 0.360. The molecule has 2 N–H and O–H groups in total. The average molecular weight is 592 g/mol. The van der Waals surface area contributed by atoms with Crippen LogP contribution in [-0.4, -0.2) is 52.5 Å². The lowest BCUT2D eigenvalue weighted by Gasteiger charge is -2.27. The molecule has 0 saturated carbocycles. The summed E-state index contributed by atoms with van der Waals surface area (Å²) in [5.41, 5.74) is -0.0802. The molecule has 1 aromatic carbocycles. The van der Waals surface area contributed by atoms with Gasteiger partial charge in [0.15, 0.2) is 5.78 Å². The molecule has 0 spiro atoms. The van der Waals surface area contributed by atoms with Crippen LogP contribution in [0.15, 0.2) is 53.9 Å². The van der Waals surface area contributed by atoms with Crippen molar-refractivity contribution in [3.63, 3.8) is 0 Å². The molecule has 0 bridgehead atoms. The first-order valence-corrected chi connectivity index (χ1v) is 11.7. The number of nitriles is 1. The van der Waals surface area contributed by atoms with E-state index >= 15 is 0 Å². The number of halogens is 7. The van der Waals surface area contributed by atoms with Crippen molar-refractivity contribution in [1.82, 2.24) is 10.3 Å². The van der Waals surface area contributed by atoms with Crippen molar-refractivity contribution in [2.75, 3.05) is 33.8 Å². The molecule has 1 aromatic heterocycles. The number of Topliss-reactive ketones (excluding diaryl/α,β-unsaturated/α-hetero) is 1. The second kappa shape index (κ2) is 15.6. The van der Waals surface area contributed by atoms with Crippen LogP contribution in [0, 0.1) is 11.3 Å². The number of aromatic nitrogens is 1. The molecule has 0 aliphatic heterocycles. The number of allylic oxidation sites excluding steroid dienone is 1. The Morgan fingerprint density at radius 3 is 2.15 bits per heavy atom. The van der Waals surface area contributed by atoms with Crippen molar-refractivity contribution >= 4 is 24.8 Å². The van der Waals surface area contributed by atoms with E-state index in [0.717, 1.165) is 6.20 Å². The Labute approximate surface area is 232 Å². The third kappa shape index (κ3) is 13.2. The summed E-state index contributed by atoms with van der Waals surface area (Å²) in [5, 5.41) is 14.0. The SMILES string of the molecule is COC1=C(C(NC(=O)Nc2ccnc(C(F)(F)F)c2)c2ccc(C#N)cc2)C(=O)CCC1.C[O+](C)C.F[B-](F)(F)F. The quantitative estimate of drug-likeness (QED) is 0.244. The highest BCUT2D eigenvalue weighted by Gasteiger charge is 2.33. The molecule has 1 heterocycles. The van der Waals surface area contributed by atoms with Crippen molar-refractivity contribution in [3.8, 4) is 6.07 Å². The molecule has 224 valence electrons. The molecular formula is C25H28BF7N4O4. The molecular weight excluding hydrogens is 564 g/mol. The van der Waals surface area contributed by atoms with E-state index in [2.05, 4.69) is 20.0 Å². The van der Waals surface area contributed by atoms with E-state index in [0.29, 0.717) is 35.8 Å². The van der Waals surface area contributed by atoms with Crippen LogP contribution in [-0.2, 0) is 20.1 Å². The van der Waals surface area contributed by atoms with Crippen LogP contribution in [0.1, 0.15) is 42.1 Å². The van der Waals surface area contributed by atoms with E-state index in [1.54, 1.807) is 24.3 Å². The predicted octanol–water partition coefficient (Wildman–Crippen LogP) is 6.22. The van der Waals surface area contributed by atoms with Gasteiger partial charge in [0.25, 0.3) is 0 Å². The minimum Gasteiger partial charge on any atom is -0.501 e. The zero-order chi connectivity index (χ0) is 31.4. The van der Waals surface area contributed by atoms with Crippen LogP contribution in [0.5, 0.6) is 0 Å². The number of carbonyl (C=O) groups is 2. The molecule has 1 unspecified atom stereocenters. The Balaban J connectivity index is 0.000000814. The molecule has 0 saturated heterocycles. The van der Waals surface area contributed by atoms with Crippen molar-refractivity contribution < 1.29 is 49.1 Å². The first-order chi connectivity index (χ1) is 19.0. The average Bonchev–Trinajstić information content (AvgIpc) is 2.86. The van der Waals surface area contributed by atoms with Crippen LogP contribution in [0.4, 0.5) is 40.9 Å². The van der Waals surface area contributed by atoms with Crippen molar-refractivity contribution in [3.05, 3.63) is 70.7 Å². The molecule has 16 heteroatoms. The number of amides is 2. The lowest BCUT2D eigenvalue weighted by molar-refractivity contribution is -0.141. The second-order valence-electron chi connectivity index (χ2n) is 8.73. The number of alkyl halides is 3. The van der Waals surface area contributed by atoms with Gasteiger partial charge in [0.05, 0.1) is 30.4 Å². The number of ketones is 1. The van der Waals surface area contributed by atoms with Crippen molar-refractivity contribution in [1.29, 1.82) is 5.26 Å². The Morgan fingerprint density at radius 1 is 1.10 bits per heavy atom. The van der Waals surface area contributed by atoms with Gasteiger partial charge in [0.1, 0.15) is 32.8 Å². The van der Waals surface area contributed by atoms with Crippen LogP contribution in [0.2, 0.25) is 0 Å². The maximum Gasteiger partial charge on any atom is 0.673 e. The monoisotopic (exact) mass is 592 g/mol. The van der Waals surface area contributed by atoms with Gasteiger partial charge in [0, 0.05) is 24.7 Å². The van der Waals surface area contributed by atoms with E-state index in [1.165, 1.54) is 13.2 Å². The lowest BCUT2D eigenvalue weighted by Crippen LogP contribution is -2.36. The van der Waals surface area contributed by atoms with Gasteiger partial charge in [-0.1, -0.05) is 12.1 Å². The summed E-state index contributed by atoms with van der Waals surface area (Å²) in [5.74, 6) is 0.227. The Bertz CT molecular complexity index is 1240. The molecule has 2 aromatic rings. The molecule has 1 aliphatic carbocycles. The molecule has 3 rings (SSSR count). The van der Waals surface area contributed by atoms with Crippen LogP contribution >= 0.6 is 0 Å². The number of hydrogen-bond donors (Lipinski definition) is 2. The van der Waals surface area contributed by atoms with Gasteiger partial charge in [-0.15, -0.1) is 0 Å². The molecule has 0 fully saturated rings. The molecule has 8 nitrogen and oxygen atoms in total. The number of anilines is 1. The molecule has 1 aliphatic rings. The van der Waals surface area contributed by atoms with E-state index in [1.807, 2.05) is 27.4 Å². The van der Waals surface area contributed by atoms with Gasteiger partial charge in [-0.2, -0.15) is 18.4 Å². The van der Waals surface area contributed by atoms with Crippen LogP contribution < -0.4 is 10.6 Å². The van der Waals surface area contributed by atoms with E-state index < -0.39 is 31.2 Å². The number of benzene rings is 1. The number of methoxy groups -OCH3 is 1. The zero-order valence-electron chi connectivity index (χ0n) is 22.5. The summed E-state index contributed by atoms with van der Waals surface area (Å²) in [6.07, 6.45) is -2.34. The topological polar surface area (TPSA) is 107 Å². The number of nitrogens with one attached hydrogen (secondary N) is 2. The fourth-order valence-corrected chi connectivity index (χ4v) is 3.40. The van der Waals surface area contributed by atoms with E-state index in [4.69, 9.17) is 10.00 Å².